The van der Waals surface area contributed by atoms with Crippen molar-refractivity contribution in [3.8, 4) is 0 Å². The van der Waals surface area contributed by atoms with E-state index in [2.05, 4.69) is 0 Å². The second kappa shape index (κ2) is 7.03. The average molecular weight is 381 g/mol. The summed E-state index contributed by atoms with van der Waals surface area (Å²) in [7, 11) is 0. The molecule has 3 aliphatic rings. The number of rotatable bonds is 4. The number of hydrogen-bond acceptors (Lipinski definition) is 4. The summed E-state index contributed by atoms with van der Waals surface area (Å²) in [4.78, 5) is 29.5. The minimum atomic E-state index is -0.573. The van der Waals surface area contributed by atoms with Gasteiger partial charge in [-0.3, -0.25) is 9.59 Å². The Bertz CT molecular complexity index is 591. The van der Waals surface area contributed by atoms with Gasteiger partial charge in [0.25, 0.3) is 0 Å². The monoisotopic (exact) mass is 380 g/mol. The Morgan fingerprint density at radius 3 is 2.30 bits per heavy atom. The molecule has 2 amide bonds. The molecule has 0 radical (unpaired) electrons. The molecule has 1 spiro atoms. The molecule has 0 bridgehead atoms. The Kier molecular flexibility index (Phi) is 5.36. The molecule has 3 aliphatic heterocycles. The van der Waals surface area contributed by atoms with Gasteiger partial charge in [-0.25, -0.2) is 0 Å². The van der Waals surface area contributed by atoms with E-state index in [0.29, 0.717) is 13.2 Å². The van der Waals surface area contributed by atoms with Crippen LogP contribution >= 0.6 is 0 Å². The van der Waals surface area contributed by atoms with Crippen LogP contribution in [-0.4, -0.2) is 72.2 Å². The predicted molar refractivity (Wildman–Crippen MR) is 103 cm³/mol. The summed E-state index contributed by atoms with van der Waals surface area (Å²) in [5.41, 5.74) is -1.02. The molecule has 27 heavy (non-hydrogen) atoms. The van der Waals surface area contributed by atoms with Gasteiger partial charge in [-0.2, -0.15) is 0 Å². The Hall–Kier alpha value is -1.14. The van der Waals surface area contributed by atoms with Gasteiger partial charge in [0.2, 0.25) is 11.8 Å². The van der Waals surface area contributed by atoms with E-state index in [1.165, 1.54) is 0 Å². The summed E-state index contributed by atoms with van der Waals surface area (Å²) in [6.45, 7) is 15.2. The quantitative estimate of drug-likeness (QED) is 0.752. The van der Waals surface area contributed by atoms with Crippen LogP contribution in [0.15, 0.2) is 0 Å². The summed E-state index contributed by atoms with van der Waals surface area (Å²) in [5, 5.41) is 0. The summed E-state index contributed by atoms with van der Waals surface area (Å²) in [5.74, 6) is 0.308. The minimum Gasteiger partial charge on any atom is -0.375 e. The van der Waals surface area contributed by atoms with Crippen molar-refractivity contribution in [1.29, 1.82) is 0 Å². The largest absolute Gasteiger partial charge is 0.375 e. The molecule has 3 saturated heterocycles. The lowest BCUT2D eigenvalue weighted by Crippen LogP contribution is -2.49. The van der Waals surface area contributed by atoms with Gasteiger partial charge in [-0.15, -0.1) is 0 Å². The standard InChI is InChI=1S/C21H36N2O4/c1-15-16(7-10-23(15)17(24)19(2,3)4)26-14-20(5,6)18(25)22-11-8-21(13-22)9-12-27-21/h15-16H,7-14H2,1-6H3/t15-,16+,21?/m0/s1. The van der Waals surface area contributed by atoms with Crippen LogP contribution in [0.1, 0.15) is 60.8 Å². The van der Waals surface area contributed by atoms with Crippen molar-refractivity contribution in [2.75, 3.05) is 32.8 Å². The lowest BCUT2D eigenvalue weighted by molar-refractivity contribution is -0.155. The van der Waals surface area contributed by atoms with Crippen LogP contribution in [0.3, 0.4) is 0 Å². The maximum Gasteiger partial charge on any atom is 0.230 e. The average Bonchev–Trinajstić information content (AvgIpc) is 3.15. The Labute approximate surface area is 163 Å². The van der Waals surface area contributed by atoms with Crippen LogP contribution in [0.5, 0.6) is 0 Å². The maximum atomic E-state index is 13.0. The van der Waals surface area contributed by atoms with Crippen LogP contribution in [0.4, 0.5) is 0 Å². The molecule has 1 unspecified atom stereocenters. The highest BCUT2D eigenvalue weighted by Gasteiger charge is 2.48. The molecule has 0 N–H and O–H groups in total. The molecule has 154 valence electrons. The van der Waals surface area contributed by atoms with E-state index in [1.807, 2.05) is 51.3 Å². The van der Waals surface area contributed by atoms with E-state index in [-0.39, 0.29) is 35.0 Å². The molecule has 0 aromatic carbocycles. The molecule has 3 fully saturated rings. The normalized spacial score (nSPS) is 31.5. The number of carbonyl (C=O) groups excluding carboxylic acids is 2. The number of amides is 2. The summed E-state index contributed by atoms with van der Waals surface area (Å²) < 4.78 is 11.9. The molecule has 3 atom stereocenters. The van der Waals surface area contributed by atoms with E-state index < -0.39 is 5.41 Å². The fourth-order valence-corrected chi connectivity index (χ4v) is 4.39. The van der Waals surface area contributed by atoms with Crippen LogP contribution in [-0.2, 0) is 19.1 Å². The molecule has 3 heterocycles. The van der Waals surface area contributed by atoms with E-state index in [4.69, 9.17) is 9.47 Å². The topological polar surface area (TPSA) is 59.1 Å². The minimum absolute atomic E-state index is 0.0109. The number of likely N-dealkylation sites (tertiary alicyclic amines) is 2. The zero-order chi connectivity index (χ0) is 20.0. The first-order chi connectivity index (χ1) is 12.5. The third kappa shape index (κ3) is 4.02. The summed E-state index contributed by atoms with van der Waals surface area (Å²) in [6, 6.07) is 0.0426. The fourth-order valence-electron chi connectivity index (χ4n) is 4.39. The van der Waals surface area contributed by atoms with Crippen LogP contribution in [0.25, 0.3) is 0 Å². The highest BCUT2D eigenvalue weighted by Crippen LogP contribution is 2.37. The van der Waals surface area contributed by atoms with Crippen molar-refractivity contribution >= 4 is 11.8 Å². The van der Waals surface area contributed by atoms with Gasteiger partial charge in [0, 0.05) is 31.5 Å². The zero-order valence-corrected chi connectivity index (χ0v) is 17.8. The first-order valence-corrected chi connectivity index (χ1v) is 10.3. The van der Waals surface area contributed by atoms with E-state index in [0.717, 1.165) is 39.0 Å². The Balaban J connectivity index is 1.53. The smallest absolute Gasteiger partial charge is 0.230 e. The molecular weight excluding hydrogens is 344 g/mol. The van der Waals surface area contributed by atoms with Gasteiger partial charge in [0.05, 0.1) is 36.4 Å². The first-order valence-electron chi connectivity index (χ1n) is 10.3. The first kappa shape index (κ1) is 20.6. The van der Waals surface area contributed by atoms with Gasteiger partial charge in [-0.1, -0.05) is 20.8 Å². The van der Waals surface area contributed by atoms with Crippen molar-refractivity contribution in [1.82, 2.24) is 9.80 Å². The molecule has 6 heteroatoms. The molecule has 0 saturated carbocycles. The van der Waals surface area contributed by atoms with E-state index >= 15 is 0 Å². The van der Waals surface area contributed by atoms with Crippen molar-refractivity contribution in [3.63, 3.8) is 0 Å². The highest BCUT2D eigenvalue weighted by molar-refractivity contribution is 5.83. The number of hydrogen-bond donors (Lipinski definition) is 0. The molecule has 3 rings (SSSR count). The van der Waals surface area contributed by atoms with Crippen LogP contribution < -0.4 is 0 Å². The SMILES string of the molecule is C[C@H]1[C@H](OCC(C)(C)C(=O)N2CCC3(CCO3)C2)CCN1C(=O)C(C)(C)C. The molecule has 0 aromatic rings. The van der Waals surface area contributed by atoms with Gasteiger partial charge in [-0.05, 0) is 33.6 Å². The third-order valence-corrected chi connectivity index (χ3v) is 6.39. The van der Waals surface area contributed by atoms with Gasteiger partial charge >= 0.3 is 0 Å². The van der Waals surface area contributed by atoms with E-state index in [9.17, 15) is 9.59 Å². The Morgan fingerprint density at radius 1 is 1.11 bits per heavy atom. The van der Waals surface area contributed by atoms with Gasteiger partial charge < -0.3 is 19.3 Å². The summed E-state index contributed by atoms with van der Waals surface area (Å²) in [6.07, 6.45) is 2.82. The second-order valence-electron chi connectivity index (χ2n) is 10.3. The van der Waals surface area contributed by atoms with Crippen molar-refractivity contribution < 1.29 is 19.1 Å². The number of nitrogens with zero attached hydrogens (tertiary/aromatic N) is 2. The molecular formula is C21H36N2O4. The molecule has 6 nitrogen and oxygen atoms in total. The third-order valence-electron chi connectivity index (χ3n) is 6.39. The lowest BCUT2D eigenvalue weighted by Gasteiger charge is -2.39. The van der Waals surface area contributed by atoms with Gasteiger partial charge in [0.1, 0.15) is 0 Å². The number of ether oxygens (including phenoxy) is 2. The lowest BCUT2D eigenvalue weighted by atomic mass is 9.91. The van der Waals surface area contributed by atoms with Crippen molar-refractivity contribution in [2.24, 2.45) is 10.8 Å². The number of carbonyl (C=O) groups is 2. The highest BCUT2D eigenvalue weighted by atomic mass is 16.5. The van der Waals surface area contributed by atoms with Crippen LogP contribution in [0.2, 0.25) is 0 Å². The molecule has 0 aliphatic carbocycles. The van der Waals surface area contributed by atoms with Crippen LogP contribution in [0, 0.1) is 10.8 Å². The van der Waals surface area contributed by atoms with E-state index in [1.54, 1.807) is 0 Å². The fraction of sp³-hybridized carbons (Fsp3) is 0.905. The van der Waals surface area contributed by atoms with Crippen molar-refractivity contribution in [2.45, 2.75) is 78.6 Å². The zero-order valence-electron chi connectivity index (χ0n) is 17.8. The van der Waals surface area contributed by atoms with Gasteiger partial charge in [0.15, 0.2) is 0 Å². The maximum absolute atomic E-state index is 13.0. The Morgan fingerprint density at radius 2 is 1.78 bits per heavy atom. The molecule has 0 aromatic heterocycles. The second-order valence-corrected chi connectivity index (χ2v) is 10.3. The van der Waals surface area contributed by atoms with Crippen molar-refractivity contribution in [3.05, 3.63) is 0 Å². The summed E-state index contributed by atoms with van der Waals surface area (Å²) >= 11 is 0. The predicted octanol–water partition coefficient (Wildman–Crippen LogP) is 2.46.